The van der Waals surface area contributed by atoms with Crippen molar-refractivity contribution in [1.82, 2.24) is 14.5 Å². The highest BCUT2D eigenvalue weighted by Crippen LogP contribution is 2.57. The lowest BCUT2D eigenvalue weighted by atomic mass is 9.70. The zero-order chi connectivity index (χ0) is 28.0. The van der Waals surface area contributed by atoms with E-state index in [-0.39, 0.29) is 17.3 Å². The van der Waals surface area contributed by atoms with Crippen LogP contribution in [0.25, 0.3) is 0 Å². The maximum Gasteiger partial charge on any atom is 0.339 e. The minimum atomic E-state index is -4.35. The first-order valence-corrected chi connectivity index (χ1v) is 14.7. The fourth-order valence-corrected chi connectivity index (χ4v) is 8.74. The van der Waals surface area contributed by atoms with Crippen LogP contribution in [-0.2, 0) is 26.8 Å². The highest BCUT2D eigenvalue weighted by molar-refractivity contribution is 7.91. The van der Waals surface area contributed by atoms with Gasteiger partial charge >= 0.3 is 15.9 Å². The Bertz CT molecular complexity index is 1550. The molecule has 3 aromatic rings. The summed E-state index contributed by atoms with van der Waals surface area (Å²) in [7, 11) is -4.35. The van der Waals surface area contributed by atoms with E-state index in [1.54, 1.807) is 31.2 Å². The summed E-state index contributed by atoms with van der Waals surface area (Å²) < 4.78 is 41.5. The Hall–Kier alpha value is -3.11. The molecule has 204 valence electrons. The van der Waals surface area contributed by atoms with Gasteiger partial charge < -0.3 is 10.6 Å². The molecule has 1 fully saturated rings. The monoisotopic (exact) mass is 570 g/mol. The summed E-state index contributed by atoms with van der Waals surface area (Å²) in [5, 5.41) is 6.77. The van der Waals surface area contributed by atoms with Crippen molar-refractivity contribution < 1.29 is 22.4 Å². The lowest BCUT2D eigenvalue weighted by Crippen LogP contribution is -2.65. The molecule has 0 aliphatic carbocycles. The second-order valence-corrected chi connectivity index (χ2v) is 12.6. The summed E-state index contributed by atoms with van der Waals surface area (Å²) >= 11 is 6.24. The van der Waals surface area contributed by atoms with E-state index in [0.29, 0.717) is 47.8 Å². The van der Waals surface area contributed by atoms with Gasteiger partial charge in [0.25, 0.3) is 5.91 Å². The van der Waals surface area contributed by atoms with Crippen molar-refractivity contribution in [3.63, 3.8) is 0 Å². The Balaban J connectivity index is 1.64. The number of benzene rings is 3. The first-order chi connectivity index (χ1) is 18.6. The fourth-order valence-electron chi connectivity index (χ4n) is 6.35. The van der Waals surface area contributed by atoms with Crippen LogP contribution >= 0.6 is 11.6 Å². The molecule has 1 spiro atoms. The number of sulfonamides is 1. The Morgan fingerprint density at radius 2 is 1.74 bits per heavy atom. The minimum absolute atomic E-state index is 0.135. The van der Waals surface area contributed by atoms with Gasteiger partial charge in [0.1, 0.15) is 16.8 Å². The van der Waals surface area contributed by atoms with Gasteiger partial charge in [0.15, 0.2) is 5.69 Å². The van der Waals surface area contributed by atoms with Crippen molar-refractivity contribution in [2.45, 2.75) is 49.6 Å². The topological polar surface area (TPSA) is 92.3 Å². The van der Waals surface area contributed by atoms with E-state index in [1.807, 2.05) is 18.2 Å². The van der Waals surface area contributed by atoms with Crippen LogP contribution < -0.4 is 14.5 Å². The number of fused-ring (bicyclic) bond motifs is 2. The maximum absolute atomic E-state index is 14.3. The predicted molar refractivity (Wildman–Crippen MR) is 148 cm³/mol. The molecule has 7 nitrogen and oxygen atoms in total. The van der Waals surface area contributed by atoms with Gasteiger partial charge in [-0.05, 0) is 80.9 Å². The van der Waals surface area contributed by atoms with E-state index in [2.05, 4.69) is 10.6 Å². The number of piperidine rings is 1. The molecule has 0 bridgehead atoms. The van der Waals surface area contributed by atoms with Crippen LogP contribution in [0.1, 0.15) is 48.2 Å². The largest absolute Gasteiger partial charge is 0.348 e. The SMILES string of the molecule is CC(=O)[N+]1(S(=O)(=O)c2ccc(F)cc2)c2ccc(C(=O)NCc3ccccc3Cl)cc2C2(CCNCC2)C1C. The van der Waals surface area contributed by atoms with Crippen molar-refractivity contribution in [2.24, 2.45) is 0 Å². The molecule has 2 aliphatic heterocycles. The summed E-state index contributed by atoms with van der Waals surface area (Å²) in [6, 6.07) is 16.0. The third-order valence-electron chi connectivity index (χ3n) is 8.35. The molecule has 10 heteroatoms. The van der Waals surface area contributed by atoms with Crippen LogP contribution in [0.5, 0.6) is 0 Å². The normalized spacial score (nSPS) is 21.9. The number of rotatable bonds is 5. The van der Waals surface area contributed by atoms with Gasteiger partial charge in [0.2, 0.25) is 0 Å². The zero-order valence-corrected chi connectivity index (χ0v) is 23.3. The summed E-state index contributed by atoms with van der Waals surface area (Å²) in [4.78, 5) is 26.7. The lowest BCUT2D eigenvalue weighted by Gasteiger charge is -2.41. The quantitative estimate of drug-likeness (QED) is 0.435. The van der Waals surface area contributed by atoms with Crippen LogP contribution in [0.4, 0.5) is 10.1 Å². The van der Waals surface area contributed by atoms with E-state index in [4.69, 9.17) is 11.6 Å². The average molecular weight is 571 g/mol. The molecule has 2 aliphatic rings. The van der Waals surface area contributed by atoms with Gasteiger partial charge in [-0.1, -0.05) is 29.8 Å². The van der Waals surface area contributed by atoms with E-state index in [0.717, 1.165) is 17.7 Å². The lowest BCUT2D eigenvalue weighted by molar-refractivity contribution is -0.125. The van der Waals surface area contributed by atoms with E-state index in [9.17, 15) is 22.4 Å². The van der Waals surface area contributed by atoms with E-state index >= 15 is 0 Å². The van der Waals surface area contributed by atoms with Crippen LogP contribution in [0.15, 0.2) is 71.6 Å². The van der Waals surface area contributed by atoms with Gasteiger partial charge in [0.05, 0.1) is 12.3 Å². The van der Waals surface area contributed by atoms with Crippen molar-refractivity contribution in [3.05, 3.63) is 94.3 Å². The molecule has 0 radical (unpaired) electrons. The molecule has 1 saturated heterocycles. The summed E-state index contributed by atoms with van der Waals surface area (Å²) in [6.45, 7) is 4.59. The molecule has 2 atom stereocenters. The highest BCUT2D eigenvalue weighted by atomic mass is 35.5. The van der Waals surface area contributed by atoms with Crippen molar-refractivity contribution in [3.8, 4) is 0 Å². The average Bonchev–Trinajstić information content (AvgIpc) is 3.13. The summed E-state index contributed by atoms with van der Waals surface area (Å²) in [6.07, 6.45) is 1.19. The minimum Gasteiger partial charge on any atom is -0.348 e. The Kier molecular flexibility index (Phi) is 7.13. The number of quaternary nitrogens is 1. The first kappa shape index (κ1) is 27.5. The van der Waals surface area contributed by atoms with E-state index < -0.39 is 37.1 Å². The second-order valence-electron chi connectivity index (χ2n) is 10.2. The van der Waals surface area contributed by atoms with Gasteiger partial charge in [-0.25, -0.2) is 9.18 Å². The van der Waals surface area contributed by atoms with Crippen LogP contribution in [-0.4, -0.2) is 39.4 Å². The molecule has 0 aromatic heterocycles. The van der Waals surface area contributed by atoms with Gasteiger partial charge in [-0.3, -0.25) is 4.79 Å². The molecule has 0 saturated carbocycles. The fraction of sp³-hybridized carbons (Fsp3) is 0.310. The predicted octanol–water partition coefficient (Wildman–Crippen LogP) is 4.68. The molecule has 2 N–H and O–H groups in total. The number of carbonyl (C=O) groups is 2. The zero-order valence-electron chi connectivity index (χ0n) is 21.7. The third kappa shape index (κ3) is 4.19. The van der Waals surface area contributed by atoms with Gasteiger partial charge in [-0.15, -0.1) is 3.89 Å². The van der Waals surface area contributed by atoms with Crippen molar-refractivity contribution in [1.29, 1.82) is 0 Å². The number of hydrogen-bond acceptors (Lipinski definition) is 5. The molecule has 39 heavy (non-hydrogen) atoms. The number of carbonyl (C=O) groups excluding carboxylic acids is 2. The molecule has 2 amide bonds. The number of halogens is 2. The van der Waals surface area contributed by atoms with E-state index in [1.165, 1.54) is 19.1 Å². The Labute approximate surface area is 232 Å². The highest BCUT2D eigenvalue weighted by Gasteiger charge is 2.68. The molecular formula is C29H30ClFN3O4S+. The molecule has 5 rings (SSSR count). The van der Waals surface area contributed by atoms with Gasteiger partial charge in [0, 0.05) is 28.8 Å². The maximum atomic E-state index is 14.3. The number of hydrogen-bond donors (Lipinski definition) is 2. The van der Waals surface area contributed by atoms with Crippen LogP contribution in [0.3, 0.4) is 0 Å². The number of nitrogens with one attached hydrogen (secondary N) is 2. The molecule has 2 unspecified atom stereocenters. The standard InChI is InChI=1S/C29H29ClFN3O4S/c1-19-29(13-15-32-16-14-29)25-17-21(28(36)33-18-22-5-3-4-6-26(22)30)7-12-27(25)34(19,20(2)35)39(37,38)24-10-8-23(31)9-11-24/h3-12,17,19,32H,13-16,18H2,1-2H3/p+1. The van der Waals surface area contributed by atoms with Crippen molar-refractivity contribution in [2.75, 3.05) is 13.1 Å². The number of amides is 2. The van der Waals surface area contributed by atoms with Gasteiger partial charge in [-0.2, -0.15) is 8.42 Å². The van der Waals surface area contributed by atoms with Crippen LogP contribution in [0.2, 0.25) is 5.02 Å². The second kappa shape index (κ2) is 10.1. The summed E-state index contributed by atoms with van der Waals surface area (Å²) in [5.41, 5.74) is 1.49. The first-order valence-electron chi connectivity index (χ1n) is 12.8. The number of nitrogens with zero attached hydrogens (tertiary/aromatic N) is 1. The molecular weight excluding hydrogens is 541 g/mol. The third-order valence-corrected chi connectivity index (χ3v) is 11.1. The Morgan fingerprint density at radius 3 is 2.38 bits per heavy atom. The Morgan fingerprint density at radius 1 is 1.08 bits per heavy atom. The van der Waals surface area contributed by atoms with Crippen molar-refractivity contribution >= 4 is 39.1 Å². The van der Waals surface area contributed by atoms with Crippen LogP contribution in [0, 0.1) is 5.82 Å². The summed E-state index contributed by atoms with van der Waals surface area (Å²) in [5.74, 6) is -1.46. The molecule has 2 heterocycles. The molecule has 3 aromatic carbocycles. The smallest absolute Gasteiger partial charge is 0.339 e.